The van der Waals surface area contributed by atoms with Crippen LogP contribution in [0.3, 0.4) is 0 Å². The van der Waals surface area contributed by atoms with Gasteiger partial charge in [-0.1, -0.05) is 31.7 Å². The fraction of sp³-hybridized carbons (Fsp3) is 0.333. The van der Waals surface area contributed by atoms with Crippen molar-refractivity contribution in [3.05, 3.63) is 48.8 Å². The van der Waals surface area contributed by atoms with Crippen molar-refractivity contribution in [1.82, 2.24) is 4.90 Å². The molecule has 1 atom stereocenters. The maximum absolute atomic E-state index is 3.77. The number of benzene rings is 1. The molecule has 1 heterocycles. The molecule has 0 spiro atoms. The summed E-state index contributed by atoms with van der Waals surface area (Å²) in [6, 6.07) is 8.50. The highest BCUT2D eigenvalue weighted by molar-refractivity contribution is 5.57. The molecule has 1 unspecified atom stereocenters. The highest BCUT2D eigenvalue weighted by Gasteiger charge is 2.21. The predicted molar refractivity (Wildman–Crippen MR) is 74.6 cm³/mol. The van der Waals surface area contributed by atoms with E-state index >= 15 is 0 Å². The summed E-state index contributed by atoms with van der Waals surface area (Å²) < 4.78 is 0. The summed E-state index contributed by atoms with van der Waals surface area (Å²) in [5.74, 6) is 0. The molecule has 0 fully saturated rings. The quantitative estimate of drug-likeness (QED) is 0.775. The maximum Gasteiger partial charge on any atom is 0.102 e. The van der Waals surface area contributed by atoms with Crippen molar-refractivity contribution in [1.29, 1.82) is 0 Å². The zero-order valence-electron chi connectivity index (χ0n) is 10.6. The van der Waals surface area contributed by atoms with Crippen LogP contribution in [0.25, 0.3) is 6.08 Å². The first-order valence-corrected chi connectivity index (χ1v) is 6.21. The molecule has 1 aromatic rings. The maximum atomic E-state index is 3.77. The van der Waals surface area contributed by atoms with Gasteiger partial charge in [0.15, 0.2) is 0 Å². The molecular weight excluding hydrogens is 208 g/mol. The van der Waals surface area contributed by atoms with Gasteiger partial charge in [0, 0.05) is 24.6 Å². The third kappa shape index (κ3) is 2.36. The third-order valence-corrected chi connectivity index (χ3v) is 3.21. The van der Waals surface area contributed by atoms with Gasteiger partial charge in [-0.15, -0.1) is 0 Å². The summed E-state index contributed by atoms with van der Waals surface area (Å²) in [6.07, 6.45) is 7.79. The SMILES string of the molecule is C=Cc1ccc(N2C=CN(CCC)C2C)cc1. The molecule has 0 radical (unpaired) electrons. The molecular formula is C15H20N2. The monoisotopic (exact) mass is 228 g/mol. The Labute approximate surface area is 104 Å². The fourth-order valence-electron chi connectivity index (χ4n) is 2.17. The van der Waals surface area contributed by atoms with Crippen LogP contribution in [0.15, 0.2) is 43.2 Å². The van der Waals surface area contributed by atoms with E-state index in [1.54, 1.807) is 0 Å². The standard InChI is InChI=1S/C15H20N2/c1-4-10-16-11-12-17(13(16)3)15-8-6-14(5-2)7-9-15/h5-9,11-13H,2,4,10H2,1,3H3. The average Bonchev–Trinajstić information content (AvgIpc) is 2.72. The smallest absolute Gasteiger partial charge is 0.102 e. The predicted octanol–water partition coefficient (Wildman–Crippen LogP) is 3.68. The van der Waals surface area contributed by atoms with Crippen molar-refractivity contribution in [2.75, 3.05) is 11.4 Å². The number of hydrogen-bond donors (Lipinski definition) is 0. The Bertz CT molecular complexity index is 405. The van der Waals surface area contributed by atoms with Crippen LogP contribution in [-0.2, 0) is 0 Å². The Morgan fingerprint density at radius 2 is 1.94 bits per heavy atom. The molecule has 0 N–H and O–H groups in total. The second kappa shape index (κ2) is 5.09. The van der Waals surface area contributed by atoms with Gasteiger partial charge in [0.1, 0.15) is 6.17 Å². The first-order valence-electron chi connectivity index (χ1n) is 6.21. The van der Waals surface area contributed by atoms with E-state index in [0.29, 0.717) is 6.17 Å². The zero-order valence-corrected chi connectivity index (χ0v) is 10.6. The number of rotatable bonds is 4. The lowest BCUT2D eigenvalue weighted by atomic mass is 10.2. The molecule has 0 aliphatic carbocycles. The van der Waals surface area contributed by atoms with Crippen LogP contribution in [0.1, 0.15) is 25.8 Å². The highest BCUT2D eigenvalue weighted by atomic mass is 15.4. The summed E-state index contributed by atoms with van der Waals surface area (Å²) in [4.78, 5) is 4.66. The van der Waals surface area contributed by atoms with E-state index in [4.69, 9.17) is 0 Å². The summed E-state index contributed by atoms with van der Waals surface area (Å²) in [7, 11) is 0. The van der Waals surface area contributed by atoms with Crippen LogP contribution in [-0.4, -0.2) is 17.6 Å². The lowest BCUT2D eigenvalue weighted by Crippen LogP contribution is -2.36. The summed E-state index contributed by atoms with van der Waals surface area (Å²) in [5, 5.41) is 0. The van der Waals surface area contributed by atoms with Gasteiger partial charge in [0.25, 0.3) is 0 Å². The minimum atomic E-state index is 0.407. The van der Waals surface area contributed by atoms with Crippen molar-refractivity contribution >= 4 is 11.8 Å². The third-order valence-electron chi connectivity index (χ3n) is 3.21. The van der Waals surface area contributed by atoms with Crippen molar-refractivity contribution in [2.24, 2.45) is 0 Å². The average molecular weight is 228 g/mol. The normalized spacial score (nSPS) is 18.8. The van der Waals surface area contributed by atoms with E-state index in [0.717, 1.165) is 12.1 Å². The van der Waals surface area contributed by atoms with Crippen LogP contribution < -0.4 is 4.90 Å². The van der Waals surface area contributed by atoms with Crippen LogP contribution in [0.5, 0.6) is 0 Å². The topological polar surface area (TPSA) is 6.48 Å². The Morgan fingerprint density at radius 3 is 2.53 bits per heavy atom. The number of hydrogen-bond acceptors (Lipinski definition) is 2. The van der Waals surface area contributed by atoms with Crippen LogP contribution >= 0.6 is 0 Å². The molecule has 2 nitrogen and oxygen atoms in total. The number of nitrogens with zero attached hydrogens (tertiary/aromatic N) is 2. The van der Waals surface area contributed by atoms with Crippen molar-refractivity contribution in [3.63, 3.8) is 0 Å². The minimum Gasteiger partial charge on any atom is -0.356 e. The molecule has 0 bridgehead atoms. The van der Waals surface area contributed by atoms with Crippen molar-refractivity contribution in [2.45, 2.75) is 26.4 Å². The molecule has 0 amide bonds. The van der Waals surface area contributed by atoms with Gasteiger partial charge in [-0.25, -0.2) is 0 Å². The summed E-state index contributed by atoms with van der Waals surface area (Å²) in [5.41, 5.74) is 2.40. The van der Waals surface area contributed by atoms with E-state index in [1.807, 2.05) is 6.08 Å². The molecule has 1 aliphatic heterocycles. The van der Waals surface area contributed by atoms with Crippen molar-refractivity contribution < 1.29 is 0 Å². The van der Waals surface area contributed by atoms with Gasteiger partial charge in [-0.2, -0.15) is 0 Å². The molecule has 2 rings (SSSR count). The Hall–Kier alpha value is -1.70. The molecule has 0 saturated heterocycles. The molecule has 17 heavy (non-hydrogen) atoms. The summed E-state index contributed by atoms with van der Waals surface area (Å²) in [6.45, 7) is 9.33. The van der Waals surface area contributed by atoms with Crippen LogP contribution in [0.4, 0.5) is 5.69 Å². The molecule has 0 aromatic heterocycles. The Morgan fingerprint density at radius 1 is 1.24 bits per heavy atom. The highest BCUT2D eigenvalue weighted by Crippen LogP contribution is 2.24. The van der Waals surface area contributed by atoms with Gasteiger partial charge in [0.2, 0.25) is 0 Å². The van der Waals surface area contributed by atoms with Gasteiger partial charge < -0.3 is 9.80 Å². The largest absolute Gasteiger partial charge is 0.356 e. The van der Waals surface area contributed by atoms with E-state index < -0.39 is 0 Å². The lowest BCUT2D eigenvalue weighted by Gasteiger charge is -2.29. The fourth-order valence-corrected chi connectivity index (χ4v) is 2.17. The molecule has 0 saturated carbocycles. The molecule has 2 heteroatoms. The minimum absolute atomic E-state index is 0.407. The van der Waals surface area contributed by atoms with Gasteiger partial charge >= 0.3 is 0 Å². The zero-order chi connectivity index (χ0) is 12.3. The first-order chi connectivity index (χ1) is 8.26. The van der Waals surface area contributed by atoms with Gasteiger partial charge in [-0.3, -0.25) is 0 Å². The van der Waals surface area contributed by atoms with Crippen LogP contribution in [0.2, 0.25) is 0 Å². The lowest BCUT2D eigenvalue weighted by molar-refractivity contribution is 0.319. The van der Waals surface area contributed by atoms with Crippen molar-refractivity contribution in [3.8, 4) is 0 Å². The van der Waals surface area contributed by atoms with E-state index in [2.05, 4.69) is 66.9 Å². The first kappa shape index (κ1) is 11.8. The molecule has 90 valence electrons. The van der Waals surface area contributed by atoms with E-state index in [9.17, 15) is 0 Å². The molecule has 1 aromatic carbocycles. The second-order valence-electron chi connectivity index (χ2n) is 4.37. The molecule has 1 aliphatic rings. The van der Waals surface area contributed by atoms with E-state index in [1.165, 1.54) is 12.1 Å². The second-order valence-corrected chi connectivity index (χ2v) is 4.37. The van der Waals surface area contributed by atoms with Gasteiger partial charge in [0.05, 0.1) is 0 Å². The van der Waals surface area contributed by atoms with Gasteiger partial charge in [-0.05, 0) is 31.0 Å². The Kier molecular flexibility index (Phi) is 3.52. The summed E-state index contributed by atoms with van der Waals surface area (Å²) >= 11 is 0. The number of anilines is 1. The van der Waals surface area contributed by atoms with E-state index in [-0.39, 0.29) is 0 Å². The van der Waals surface area contributed by atoms with Crippen LogP contribution in [0, 0.1) is 0 Å². The Balaban J connectivity index is 2.13.